The Bertz CT molecular complexity index is 436. The Balaban J connectivity index is 2.25. The van der Waals surface area contributed by atoms with Gasteiger partial charge in [0.2, 0.25) is 5.88 Å². The maximum absolute atomic E-state index is 5.53. The normalized spacial score (nSPS) is 10.0. The molecular formula is C11H11N3O. The van der Waals surface area contributed by atoms with Gasteiger partial charge in [-0.1, -0.05) is 0 Å². The molecule has 0 unspecified atom stereocenters. The van der Waals surface area contributed by atoms with Crippen molar-refractivity contribution in [3.63, 3.8) is 0 Å². The fourth-order valence-corrected chi connectivity index (χ4v) is 1.26. The van der Waals surface area contributed by atoms with Gasteiger partial charge in [0.25, 0.3) is 0 Å². The first-order chi connectivity index (χ1) is 7.24. The summed E-state index contributed by atoms with van der Waals surface area (Å²) >= 11 is 0. The van der Waals surface area contributed by atoms with E-state index in [1.807, 2.05) is 26.0 Å². The van der Waals surface area contributed by atoms with E-state index in [2.05, 4.69) is 15.0 Å². The maximum atomic E-state index is 5.53. The van der Waals surface area contributed by atoms with E-state index in [4.69, 9.17) is 4.74 Å². The molecular weight excluding hydrogens is 190 g/mol. The molecule has 2 aromatic rings. The smallest absolute Gasteiger partial charge is 0.222 e. The Hall–Kier alpha value is -1.97. The molecule has 0 aliphatic heterocycles. The van der Waals surface area contributed by atoms with E-state index in [1.165, 1.54) is 0 Å². The highest BCUT2D eigenvalue weighted by molar-refractivity contribution is 5.24. The van der Waals surface area contributed by atoms with Crippen molar-refractivity contribution in [1.29, 1.82) is 0 Å². The minimum Gasteiger partial charge on any atom is -0.437 e. The third-order valence-electron chi connectivity index (χ3n) is 1.80. The molecule has 4 nitrogen and oxygen atoms in total. The van der Waals surface area contributed by atoms with Crippen LogP contribution in [0.5, 0.6) is 11.6 Å². The van der Waals surface area contributed by atoms with Crippen LogP contribution < -0.4 is 4.74 Å². The molecule has 2 aromatic heterocycles. The molecule has 0 saturated heterocycles. The van der Waals surface area contributed by atoms with Gasteiger partial charge in [-0.25, -0.2) is 4.98 Å². The minimum atomic E-state index is 0.549. The van der Waals surface area contributed by atoms with Crippen molar-refractivity contribution in [1.82, 2.24) is 15.0 Å². The lowest BCUT2D eigenvalue weighted by atomic mass is 10.4. The number of rotatable bonds is 2. The number of nitrogens with zero attached hydrogens (tertiary/aromatic N) is 3. The molecule has 0 bridgehead atoms. The molecule has 15 heavy (non-hydrogen) atoms. The first-order valence-corrected chi connectivity index (χ1v) is 4.64. The summed E-state index contributed by atoms with van der Waals surface area (Å²) < 4.78 is 5.53. The zero-order valence-electron chi connectivity index (χ0n) is 8.64. The molecule has 0 spiro atoms. The molecule has 4 heteroatoms. The van der Waals surface area contributed by atoms with Gasteiger partial charge in [0.05, 0.1) is 6.20 Å². The molecule has 0 aromatic carbocycles. The first kappa shape index (κ1) is 9.58. The van der Waals surface area contributed by atoms with Crippen LogP contribution in [0.25, 0.3) is 0 Å². The zero-order valence-corrected chi connectivity index (χ0v) is 8.64. The Kier molecular flexibility index (Phi) is 2.58. The summed E-state index contributed by atoms with van der Waals surface area (Å²) in [6, 6.07) is 5.44. The lowest BCUT2D eigenvalue weighted by Gasteiger charge is -2.04. The molecule has 0 N–H and O–H groups in total. The fourth-order valence-electron chi connectivity index (χ4n) is 1.26. The SMILES string of the molecule is Cc1cc(Oc2cccnc2)nc(C)n1. The Morgan fingerprint density at radius 3 is 2.73 bits per heavy atom. The quantitative estimate of drug-likeness (QED) is 0.747. The van der Waals surface area contributed by atoms with Gasteiger partial charge < -0.3 is 4.74 Å². The van der Waals surface area contributed by atoms with E-state index < -0.39 is 0 Å². The summed E-state index contributed by atoms with van der Waals surface area (Å²) in [7, 11) is 0. The summed E-state index contributed by atoms with van der Waals surface area (Å²) in [5.41, 5.74) is 0.890. The molecule has 0 amide bonds. The van der Waals surface area contributed by atoms with E-state index in [0.717, 1.165) is 5.69 Å². The number of hydrogen-bond acceptors (Lipinski definition) is 4. The number of aromatic nitrogens is 3. The predicted octanol–water partition coefficient (Wildman–Crippen LogP) is 2.28. The first-order valence-electron chi connectivity index (χ1n) is 4.64. The largest absolute Gasteiger partial charge is 0.437 e. The van der Waals surface area contributed by atoms with E-state index in [9.17, 15) is 0 Å². The minimum absolute atomic E-state index is 0.549. The monoisotopic (exact) mass is 201 g/mol. The molecule has 0 saturated carbocycles. The number of aryl methyl sites for hydroxylation is 2. The molecule has 0 atom stereocenters. The highest BCUT2D eigenvalue weighted by Gasteiger charge is 2.01. The van der Waals surface area contributed by atoms with Gasteiger partial charge in [0.1, 0.15) is 11.6 Å². The van der Waals surface area contributed by atoms with Crippen LogP contribution in [0.2, 0.25) is 0 Å². The van der Waals surface area contributed by atoms with Crippen molar-refractivity contribution >= 4 is 0 Å². The number of ether oxygens (including phenoxy) is 1. The number of pyridine rings is 1. The highest BCUT2D eigenvalue weighted by atomic mass is 16.5. The van der Waals surface area contributed by atoms with Crippen molar-refractivity contribution in [2.45, 2.75) is 13.8 Å². The molecule has 0 aliphatic carbocycles. The van der Waals surface area contributed by atoms with E-state index in [0.29, 0.717) is 17.5 Å². The summed E-state index contributed by atoms with van der Waals surface area (Å²) in [6.45, 7) is 3.74. The summed E-state index contributed by atoms with van der Waals surface area (Å²) in [6.07, 6.45) is 3.34. The van der Waals surface area contributed by atoms with Crippen LogP contribution in [0, 0.1) is 13.8 Å². The van der Waals surface area contributed by atoms with Gasteiger partial charge in [0, 0.05) is 18.0 Å². The van der Waals surface area contributed by atoms with E-state index in [1.54, 1.807) is 18.5 Å². The summed E-state index contributed by atoms with van der Waals surface area (Å²) in [5, 5.41) is 0. The molecule has 0 fully saturated rings. The summed E-state index contributed by atoms with van der Waals surface area (Å²) in [4.78, 5) is 12.3. The molecule has 76 valence electrons. The van der Waals surface area contributed by atoms with Gasteiger partial charge in [0.15, 0.2) is 0 Å². The Labute approximate surface area is 88.0 Å². The van der Waals surface area contributed by atoms with Gasteiger partial charge in [-0.05, 0) is 26.0 Å². The summed E-state index contributed by atoms with van der Waals surface area (Å²) in [5.74, 6) is 1.93. The van der Waals surface area contributed by atoms with Gasteiger partial charge in [-0.2, -0.15) is 4.98 Å². The highest BCUT2D eigenvalue weighted by Crippen LogP contribution is 2.17. The second-order valence-corrected chi connectivity index (χ2v) is 3.19. The van der Waals surface area contributed by atoms with Gasteiger partial charge >= 0.3 is 0 Å². The van der Waals surface area contributed by atoms with Crippen LogP contribution in [-0.2, 0) is 0 Å². The predicted molar refractivity (Wildman–Crippen MR) is 55.8 cm³/mol. The molecule has 2 rings (SSSR count). The van der Waals surface area contributed by atoms with Crippen LogP contribution in [0.4, 0.5) is 0 Å². The van der Waals surface area contributed by atoms with Crippen LogP contribution in [-0.4, -0.2) is 15.0 Å². The third kappa shape index (κ3) is 2.49. The van der Waals surface area contributed by atoms with E-state index in [-0.39, 0.29) is 0 Å². The van der Waals surface area contributed by atoms with Crippen molar-refractivity contribution in [3.05, 3.63) is 42.1 Å². The lowest BCUT2D eigenvalue weighted by Crippen LogP contribution is -1.95. The van der Waals surface area contributed by atoms with Crippen LogP contribution in [0.15, 0.2) is 30.6 Å². The van der Waals surface area contributed by atoms with Crippen LogP contribution >= 0.6 is 0 Å². The van der Waals surface area contributed by atoms with Crippen molar-refractivity contribution in [2.75, 3.05) is 0 Å². The van der Waals surface area contributed by atoms with E-state index >= 15 is 0 Å². The van der Waals surface area contributed by atoms with Gasteiger partial charge in [-0.3, -0.25) is 4.98 Å². The standard InChI is InChI=1S/C11H11N3O/c1-8-6-11(14-9(2)13-8)15-10-4-3-5-12-7-10/h3-7H,1-2H3. The van der Waals surface area contributed by atoms with Crippen molar-refractivity contribution in [2.24, 2.45) is 0 Å². The fraction of sp³-hybridized carbons (Fsp3) is 0.182. The second-order valence-electron chi connectivity index (χ2n) is 3.19. The second kappa shape index (κ2) is 4.04. The van der Waals surface area contributed by atoms with Crippen molar-refractivity contribution < 1.29 is 4.74 Å². The van der Waals surface area contributed by atoms with Gasteiger partial charge in [-0.15, -0.1) is 0 Å². The Morgan fingerprint density at radius 2 is 2.07 bits per heavy atom. The van der Waals surface area contributed by atoms with Crippen molar-refractivity contribution in [3.8, 4) is 11.6 Å². The zero-order chi connectivity index (χ0) is 10.7. The number of hydrogen-bond donors (Lipinski definition) is 0. The molecule has 2 heterocycles. The van der Waals surface area contributed by atoms with Crippen LogP contribution in [0.3, 0.4) is 0 Å². The molecule has 0 radical (unpaired) electrons. The molecule has 0 aliphatic rings. The Morgan fingerprint density at radius 1 is 1.20 bits per heavy atom. The maximum Gasteiger partial charge on any atom is 0.222 e. The average Bonchev–Trinajstić information content (AvgIpc) is 2.17. The lowest BCUT2D eigenvalue weighted by molar-refractivity contribution is 0.457. The van der Waals surface area contributed by atoms with Crippen LogP contribution in [0.1, 0.15) is 11.5 Å². The third-order valence-corrected chi connectivity index (χ3v) is 1.80. The average molecular weight is 201 g/mol. The topological polar surface area (TPSA) is 47.9 Å².